The minimum atomic E-state index is -0.476. The second-order valence-corrected chi connectivity index (χ2v) is 9.43. The minimum absolute atomic E-state index is 0.0270. The molecule has 1 aromatic rings. The van der Waals surface area contributed by atoms with Crippen molar-refractivity contribution in [3.8, 4) is 0 Å². The number of hydrogen-bond donors (Lipinski definition) is 1. The summed E-state index contributed by atoms with van der Waals surface area (Å²) in [6, 6.07) is 4.38. The molecule has 28 heavy (non-hydrogen) atoms. The van der Waals surface area contributed by atoms with Gasteiger partial charge in [-0.05, 0) is 77.3 Å². The Morgan fingerprint density at radius 2 is 1.71 bits per heavy atom. The zero-order valence-electron chi connectivity index (χ0n) is 17.7. The average Bonchev–Trinajstić information content (AvgIpc) is 3.12. The van der Waals surface area contributed by atoms with E-state index in [1.54, 1.807) is 4.90 Å². The number of nitrogens with one attached hydrogen (secondary N) is 1. The molecule has 1 saturated carbocycles. The lowest BCUT2D eigenvalue weighted by atomic mass is 9.87. The summed E-state index contributed by atoms with van der Waals surface area (Å²) in [7, 11) is 0. The maximum Gasteiger partial charge on any atom is 0.410 e. The second kappa shape index (κ2) is 8.58. The fourth-order valence-electron chi connectivity index (χ4n) is 4.22. The molecule has 1 aliphatic carbocycles. The lowest BCUT2D eigenvalue weighted by molar-refractivity contribution is 0.0187. The highest BCUT2D eigenvalue weighted by molar-refractivity contribution is 5.93. The summed E-state index contributed by atoms with van der Waals surface area (Å²) < 4.78 is 7.56. The number of rotatable bonds is 3. The number of ether oxygens (including phenoxy) is 1. The number of nitrogens with zero attached hydrogens (tertiary/aromatic N) is 2. The maximum atomic E-state index is 12.8. The molecule has 156 valence electrons. The van der Waals surface area contributed by atoms with E-state index in [1.165, 1.54) is 12.8 Å². The highest BCUT2D eigenvalue weighted by Gasteiger charge is 2.29. The van der Waals surface area contributed by atoms with Crippen molar-refractivity contribution in [2.45, 2.75) is 83.9 Å². The van der Waals surface area contributed by atoms with E-state index >= 15 is 0 Å². The number of carbonyl (C=O) groups excluding carboxylic acids is 2. The van der Waals surface area contributed by atoms with E-state index in [9.17, 15) is 9.59 Å². The van der Waals surface area contributed by atoms with Crippen LogP contribution >= 0.6 is 0 Å². The topological polar surface area (TPSA) is 63.6 Å². The molecular formula is C22H35N3O3. The standard InChI is InChI=1S/C22H35N3O3/c1-16-7-9-17(10-8-16)23-20(26)19-6-5-13-25(19)18-11-14-24(15-12-18)21(27)28-22(2,3)4/h5-6,13,16-18H,7-12,14-15H2,1-4H3,(H,23,26). The molecule has 0 unspecified atom stereocenters. The summed E-state index contributed by atoms with van der Waals surface area (Å²) in [6.07, 6.45) is 7.92. The number of carbonyl (C=O) groups is 2. The Kier molecular flexibility index (Phi) is 6.36. The van der Waals surface area contributed by atoms with Gasteiger partial charge in [0.05, 0.1) is 0 Å². The van der Waals surface area contributed by atoms with Crippen molar-refractivity contribution >= 4 is 12.0 Å². The van der Waals surface area contributed by atoms with Crippen LogP contribution < -0.4 is 5.32 Å². The molecule has 2 amide bonds. The molecule has 2 aliphatic rings. The summed E-state index contributed by atoms with van der Waals surface area (Å²) in [6.45, 7) is 9.24. The molecule has 0 bridgehead atoms. The second-order valence-electron chi connectivity index (χ2n) is 9.43. The molecule has 0 radical (unpaired) electrons. The average molecular weight is 390 g/mol. The van der Waals surface area contributed by atoms with E-state index in [2.05, 4.69) is 16.8 Å². The van der Waals surface area contributed by atoms with Crippen LogP contribution in [0.4, 0.5) is 4.79 Å². The first-order valence-corrected chi connectivity index (χ1v) is 10.7. The molecule has 1 saturated heterocycles. The predicted octanol–water partition coefficient (Wildman–Crippen LogP) is 4.37. The van der Waals surface area contributed by atoms with Crippen LogP contribution in [0, 0.1) is 5.92 Å². The molecular weight excluding hydrogens is 354 g/mol. The largest absolute Gasteiger partial charge is 0.444 e. The highest BCUT2D eigenvalue weighted by atomic mass is 16.6. The Morgan fingerprint density at radius 3 is 2.32 bits per heavy atom. The van der Waals surface area contributed by atoms with Crippen molar-refractivity contribution < 1.29 is 14.3 Å². The summed E-state index contributed by atoms with van der Waals surface area (Å²) in [5, 5.41) is 3.23. The van der Waals surface area contributed by atoms with Gasteiger partial charge in [-0.25, -0.2) is 4.79 Å². The lowest BCUT2D eigenvalue weighted by Gasteiger charge is -2.34. The smallest absolute Gasteiger partial charge is 0.410 e. The number of piperidine rings is 1. The third-order valence-corrected chi connectivity index (χ3v) is 5.87. The number of amides is 2. The van der Waals surface area contributed by atoms with E-state index in [1.807, 2.05) is 39.1 Å². The molecule has 0 atom stereocenters. The third-order valence-electron chi connectivity index (χ3n) is 5.87. The highest BCUT2D eigenvalue weighted by Crippen LogP contribution is 2.27. The Hall–Kier alpha value is -1.98. The molecule has 2 fully saturated rings. The zero-order chi connectivity index (χ0) is 20.3. The zero-order valence-corrected chi connectivity index (χ0v) is 17.7. The Labute approximate surface area is 168 Å². The summed E-state index contributed by atoms with van der Waals surface area (Å²) in [5.41, 5.74) is 0.255. The summed E-state index contributed by atoms with van der Waals surface area (Å²) in [4.78, 5) is 26.9. The Morgan fingerprint density at radius 1 is 1.07 bits per heavy atom. The monoisotopic (exact) mass is 389 g/mol. The van der Waals surface area contributed by atoms with Gasteiger partial charge in [-0.3, -0.25) is 4.79 Å². The van der Waals surface area contributed by atoms with Crippen LogP contribution in [0.25, 0.3) is 0 Å². The molecule has 1 N–H and O–H groups in total. The SMILES string of the molecule is CC1CCC(NC(=O)c2cccn2C2CCN(C(=O)OC(C)(C)C)CC2)CC1. The number of hydrogen-bond acceptors (Lipinski definition) is 3. The first-order chi connectivity index (χ1) is 13.2. The van der Waals surface area contributed by atoms with Crippen LogP contribution in [0.15, 0.2) is 18.3 Å². The molecule has 6 nitrogen and oxygen atoms in total. The van der Waals surface area contributed by atoms with Crippen LogP contribution in [0.3, 0.4) is 0 Å². The third kappa shape index (κ3) is 5.30. The van der Waals surface area contributed by atoms with Gasteiger partial charge >= 0.3 is 6.09 Å². The van der Waals surface area contributed by atoms with Crippen molar-refractivity contribution in [3.05, 3.63) is 24.0 Å². The molecule has 1 aliphatic heterocycles. The summed E-state index contributed by atoms with van der Waals surface area (Å²) in [5.74, 6) is 0.797. The Balaban J connectivity index is 1.55. The van der Waals surface area contributed by atoms with E-state index in [4.69, 9.17) is 4.74 Å². The van der Waals surface area contributed by atoms with Crippen molar-refractivity contribution in [2.75, 3.05) is 13.1 Å². The van der Waals surface area contributed by atoms with Gasteiger partial charge < -0.3 is 19.5 Å². The normalized spacial score (nSPS) is 24.1. The lowest BCUT2D eigenvalue weighted by Crippen LogP contribution is -2.43. The van der Waals surface area contributed by atoms with E-state index in [0.29, 0.717) is 19.1 Å². The van der Waals surface area contributed by atoms with Gasteiger partial charge in [0.2, 0.25) is 0 Å². The molecule has 2 heterocycles. The van der Waals surface area contributed by atoms with Crippen molar-refractivity contribution in [1.29, 1.82) is 0 Å². The fourth-order valence-corrected chi connectivity index (χ4v) is 4.22. The van der Waals surface area contributed by atoms with Crippen LogP contribution in [0.5, 0.6) is 0 Å². The maximum absolute atomic E-state index is 12.8. The van der Waals surface area contributed by atoms with Gasteiger partial charge in [0, 0.05) is 31.4 Å². The van der Waals surface area contributed by atoms with E-state index in [-0.39, 0.29) is 18.0 Å². The van der Waals surface area contributed by atoms with Crippen LogP contribution in [0.2, 0.25) is 0 Å². The van der Waals surface area contributed by atoms with Gasteiger partial charge in [0.15, 0.2) is 0 Å². The summed E-state index contributed by atoms with van der Waals surface area (Å²) >= 11 is 0. The van der Waals surface area contributed by atoms with Gasteiger partial charge in [-0.15, -0.1) is 0 Å². The quantitative estimate of drug-likeness (QED) is 0.835. The number of aromatic nitrogens is 1. The van der Waals surface area contributed by atoms with Crippen molar-refractivity contribution in [1.82, 2.24) is 14.8 Å². The van der Waals surface area contributed by atoms with Crippen molar-refractivity contribution in [2.24, 2.45) is 5.92 Å². The van der Waals surface area contributed by atoms with Gasteiger partial charge in [-0.1, -0.05) is 6.92 Å². The first-order valence-electron chi connectivity index (χ1n) is 10.7. The van der Waals surface area contributed by atoms with Gasteiger partial charge in [-0.2, -0.15) is 0 Å². The van der Waals surface area contributed by atoms with Crippen LogP contribution in [0.1, 0.15) is 82.8 Å². The van der Waals surface area contributed by atoms with Gasteiger partial charge in [0.1, 0.15) is 11.3 Å². The molecule has 6 heteroatoms. The molecule has 0 spiro atoms. The van der Waals surface area contributed by atoms with Crippen LogP contribution in [-0.2, 0) is 4.74 Å². The molecule has 3 rings (SSSR count). The minimum Gasteiger partial charge on any atom is -0.444 e. The molecule has 1 aromatic heterocycles. The van der Waals surface area contributed by atoms with Gasteiger partial charge in [0.25, 0.3) is 5.91 Å². The molecule has 0 aromatic carbocycles. The number of likely N-dealkylation sites (tertiary alicyclic amines) is 1. The van der Waals surface area contributed by atoms with E-state index < -0.39 is 5.60 Å². The van der Waals surface area contributed by atoms with Crippen molar-refractivity contribution in [3.63, 3.8) is 0 Å². The van der Waals surface area contributed by atoms with E-state index in [0.717, 1.165) is 37.3 Å². The Bertz CT molecular complexity index is 675. The predicted molar refractivity (Wildman–Crippen MR) is 109 cm³/mol. The van der Waals surface area contributed by atoms with Crippen LogP contribution in [-0.4, -0.2) is 46.2 Å². The first kappa shape index (κ1) is 20.7. The fraction of sp³-hybridized carbons (Fsp3) is 0.727.